The number of methoxy groups -OCH3 is 1. The van der Waals surface area contributed by atoms with Crippen LogP contribution < -0.4 is 19.9 Å². The summed E-state index contributed by atoms with van der Waals surface area (Å²) < 4.78 is 24.4. The normalized spacial score (nSPS) is 18.1. The molecule has 0 radical (unpaired) electrons. The number of ether oxygens (including phenoxy) is 2. The van der Waals surface area contributed by atoms with Gasteiger partial charge in [-0.05, 0) is 36.8 Å². The Morgan fingerprint density at radius 1 is 1.24 bits per heavy atom. The van der Waals surface area contributed by atoms with Gasteiger partial charge in [0.25, 0.3) is 0 Å². The van der Waals surface area contributed by atoms with Crippen LogP contribution in [-0.2, 0) is 9.53 Å². The molecule has 1 aromatic carbocycles. The van der Waals surface area contributed by atoms with Gasteiger partial charge >= 0.3 is 6.09 Å². The predicted octanol–water partition coefficient (Wildman–Crippen LogP) is 2.66. The van der Waals surface area contributed by atoms with Crippen LogP contribution in [0.1, 0.15) is 5.56 Å². The van der Waals surface area contributed by atoms with Crippen molar-refractivity contribution in [2.24, 2.45) is 5.92 Å². The number of nitrogens with one attached hydrogen (secondary N) is 1. The Morgan fingerprint density at radius 3 is 2.82 bits per heavy atom. The molecule has 0 spiro atoms. The first-order valence-electron chi connectivity index (χ1n) is 11.0. The molecule has 3 aromatic rings. The molecular formula is C24H24FN5O4. The van der Waals surface area contributed by atoms with Crippen LogP contribution in [0.15, 0.2) is 42.6 Å². The van der Waals surface area contributed by atoms with Crippen molar-refractivity contribution < 1.29 is 23.5 Å². The highest BCUT2D eigenvalue weighted by atomic mass is 19.1. The molecule has 2 fully saturated rings. The highest BCUT2D eigenvalue weighted by Gasteiger charge is 2.36. The first-order valence-corrected chi connectivity index (χ1v) is 11.0. The maximum atomic E-state index is 13.9. The van der Waals surface area contributed by atoms with E-state index in [1.54, 1.807) is 38.4 Å². The van der Waals surface area contributed by atoms with Crippen molar-refractivity contribution in [2.45, 2.75) is 13.0 Å². The van der Waals surface area contributed by atoms with Crippen molar-refractivity contribution in [3.63, 3.8) is 0 Å². The summed E-state index contributed by atoms with van der Waals surface area (Å²) in [7, 11) is 1.56. The van der Waals surface area contributed by atoms with Crippen LogP contribution in [-0.4, -0.2) is 61.4 Å². The van der Waals surface area contributed by atoms with Crippen LogP contribution in [0, 0.1) is 18.7 Å². The molecule has 1 N–H and O–H groups in total. The Balaban J connectivity index is 1.16. The number of anilines is 2. The number of carbonyl (C=O) groups excluding carboxylic acids is 2. The van der Waals surface area contributed by atoms with Crippen LogP contribution in [0.3, 0.4) is 0 Å². The van der Waals surface area contributed by atoms with Gasteiger partial charge in [0.15, 0.2) is 0 Å². The van der Waals surface area contributed by atoms with Gasteiger partial charge in [0.1, 0.15) is 17.4 Å². The van der Waals surface area contributed by atoms with Gasteiger partial charge in [-0.25, -0.2) is 14.2 Å². The van der Waals surface area contributed by atoms with Gasteiger partial charge in [-0.1, -0.05) is 6.07 Å². The molecule has 4 heterocycles. The lowest BCUT2D eigenvalue weighted by atomic mass is 9.98. The number of carbonyl (C=O) groups is 2. The van der Waals surface area contributed by atoms with Crippen molar-refractivity contribution in [1.82, 2.24) is 15.3 Å². The molecule has 0 bridgehead atoms. The Bertz CT molecular complexity index is 1260. The third kappa shape index (κ3) is 4.07. The summed E-state index contributed by atoms with van der Waals surface area (Å²) in [6.07, 6.45) is 0.668. The number of aromatic nitrogens is 2. The second kappa shape index (κ2) is 8.77. The summed E-state index contributed by atoms with van der Waals surface area (Å²) >= 11 is 0. The maximum absolute atomic E-state index is 13.9. The summed E-state index contributed by atoms with van der Waals surface area (Å²) in [6, 6.07) is 10.1. The highest BCUT2D eigenvalue weighted by molar-refractivity contribution is 5.91. The zero-order valence-corrected chi connectivity index (χ0v) is 18.8. The van der Waals surface area contributed by atoms with Gasteiger partial charge in [-0.15, -0.1) is 0 Å². The SMILES string of the molecule is COc1ccc2nccc(N3CC(C(=O)NC[C@@H]4CN(c5ccc(C)c(F)c5)C(=O)O4)C3)c2n1. The van der Waals surface area contributed by atoms with Gasteiger partial charge in [0.2, 0.25) is 11.8 Å². The number of rotatable bonds is 6. The average Bonchev–Trinajstić information content (AvgIpc) is 3.18. The number of fused-ring (bicyclic) bond motifs is 1. The van der Waals surface area contributed by atoms with E-state index in [0.29, 0.717) is 30.2 Å². The molecular weight excluding hydrogens is 441 g/mol. The Labute approximate surface area is 195 Å². The van der Waals surface area contributed by atoms with Crippen molar-refractivity contribution in [1.29, 1.82) is 0 Å². The van der Waals surface area contributed by atoms with Gasteiger partial charge in [-0.3, -0.25) is 14.7 Å². The summed E-state index contributed by atoms with van der Waals surface area (Å²) in [5.41, 5.74) is 3.33. The topological polar surface area (TPSA) is 96.9 Å². The number of amides is 2. The van der Waals surface area contributed by atoms with Crippen LogP contribution in [0.4, 0.5) is 20.6 Å². The number of halogens is 1. The standard InChI is InChI=1S/C24H24FN5O4/c1-14-3-4-16(9-18(14)25)30-13-17(34-24(30)32)10-27-23(31)15-11-29(12-15)20-7-8-26-19-5-6-21(33-2)28-22(19)20/h3-9,15,17H,10-13H2,1-2H3,(H,27,31)/t17-/m1/s1. The van der Waals surface area contributed by atoms with Crippen molar-refractivity contribution >= 4 is 34.4 Å². The highest BCUT2D eigenvalue weighted by Crippen LogP contribution is 2.31. The molecule has 0 aliphatic carbocycles. The Hall–Kier alpha value is -3.95. The van der Waals surface area contributed by atoms with Gasteiger partial charge in [0.05, 0.1) is 43.0 Å². The predicted molar refractivity (Wildman–Crippen MR) is 124 cm³/mol. The number of benzene rings is 1. The number of cyclic esters (lactones) is 1. The van der Waals surface area contributed by atoms with Crippen molar-refractivity contribution in [3.8, 4) is 5.88 Å². The molecule has 0 saturated carbocycles. The first kappa shape index (κ1) is 21.9. The molecule has 10 heteroatoms. The van der Waals surface area contributed by atoms with E-state index in [1.807, 2.05) is 12.1 Å². The van der Waals surface area contributed by atoms with E-state index in [2.05, 4.69) is 20.2 Å². The number of aryl methyl sites for hydroxylation is 1. The quantitative estimate of drug-likeness (QED) is 0.598. The molecule has 5 rings (SSSR count). The molecule has 0 unspecified atom stereocenters. The molecule has 34 heavy (non-hydrogen) atoms. The minimum Gasteiger partial charge on any atom is -0.481 e. The smallest absolute Gasteiger partial charge is 0.414 e. The van der Waals surface area contributed by atoms with E-state index < -0.39 is 12.2 Å². The van der Waals surface area contributed by atoms with Gasteiger partial charge in [-0.2, -0.15) is 0 Å². The Kier molecular flexibility index (Phi) is 5.64. The molecule has 176 valence electrons. The number of hydrogen-bond acceptors (Lipinski definition) is 7. The number of hydrogen-bond donors (Lipinski definition) is 1. The summed E-state index contributed by atoms with van der Waals surface area (Å²) in [6.45, 7) is 3.19. The van der Waals surface area contributed by atoms with Crippen molar-refractivity contribution in [3.05, 3.63) is 54.0 Å². The fraction of sp³-hybridized carbons (Fsp3) is 0.333. The lowest BCUT2D eigenvalue weighted by Gasteiger charge is -2.40. The van der Waals surface area contributed by atoms with E-state index in [4.69, 9.17) is 9.47 Å². The van der Waals surface area contributed by atoms with Crippen LogP contribution in [0.2, 0.25) is 0 Å². The first-order chi connectivity index (χ1) is 16.4. The molecule has 9 nitrogen and oxygen atoms in total. The zero-order chi connectivity index (χ0) is 23.8. The van der Waals surface area contributed by atoms with Crippen LogP contribution in [0.25, 0.3) is 11.0 Å². The van der Waals surface area contributed by atoms with Crippen molar-refractivity contribution in [2.75, 3.05) is 43.1 Å². The second-order valence-corrected chi connectivity index (χ2v) is 8.45. The molecule has 2 aromatic heterocycles. The van der Waals surface area contributed by atoms with E-state index in [-0.39, 0.29) is 30.7 Å². The second-order valence-electron chi connectivity index (χ2n) is 8.45. The van der Waals surface area contributed by atoms with E-state index in [1.165, 1.54) is 11.0 Å². The van der Waals surface area contributed by atoms with Crippen LogP contribution in [0.5, 0.6) is 5.88 Å². The lowest BCUT2D eigenvalue weighted by Crippen LogP contribution is -2.54. The molecule has 2 aliphatic heterocycles. The summed E-state index contributed by atoms with van der Waals surface area (Å²) in [5, 5.41) is 2.88. The fourth-order valence-corrected chi connectivity index (χ4v) is 4.15. The monoisotopic (exact) mass is 465 g/mol. The summed E-state index contributed by atoms with van der Waals surface area (Å²) in [4.78, 5) is 37.2. The van der Waals surface area contributed by atoms with Crippen LogP contribution >= 0.6 is 0 Å². The largest absolute Gasteiger partial charge is 0.481 e. The Morgan fingerprint density at radius 2 is 2.06 bits per heavy atom. The van der Waals surface area contributed by atoms with E-state index in [0.717, 1.165) is 16.7 Å². The van der Waals surface area contributed by atoms with E-state index in [9.17, 15) is 14.0 Å². The molecule has 2 amide bonds. The van der Waals surface area contributed by atoms with Gasteiger partial charge in [0, 0.05) is 25.4 Å². The maximum Gasteiger partial charge on any atom is 0.414 e. The zero-order valence-electron chi connectivity index (χ0n) is 18.8. The molecule has 2 aliphatic rings. The third-order valence-corrected chi connectivity index (χ3v) is 6.18. The van der Waals surface area contributed by atoms with E-state index >= 15 is 0 Å². The van der Waals surface area contributed by atoms with Gasteiger partial charge < -0.3 is 19.7 Å². The fourth-order valence-electron chi connectivity index (χ4n) is 4.15. The lowest BCUT2D eigenvalue weighted by molar-refractivity contribution is -0.126. The number of pyridine rings is 2. The minimum absolute atomic E-state index is 0.101. The summed E-state index contributed by atoms with van der Waals surface area (Å²) in [5.74, 6) is -0.165. The number of nitrogens with zero attached hydrogens (tertiary/aromatic N) is 4. The average molecular weight is 465 g/mol. The molecule has 2 saturated heterocycles. The molecule has 1 atom stereocenters. The third-order valence-electron chi connectivity index (χ3n) is 6.18. The minimum atomic E-state index is -0.551.